The van der Waals surface area contributed by atoms with Crippen LogP contribution in [0, 0.1) is 0 Å². The van der Waals surface area contributed by atoms with Crippen LogP contribution >= 0.6 is 0 Å². The highest BCUT2D eigenvalue weighted by Gasteiger charge is 2.20. The van der Waals surface area contributed by atoms with Crippen LogP contribution in [0.5, 0.6) is 0 Å². The minimum atomic E-state index is -0.0591. The minimum absolute atomic E-state index is 0.0141. The number of nitrogens with zero attached hydrogens (tertiary/aromatic N) is 2. The number of benzene rings is 1. The first-order chi connectivity index (χ1) is 10.7. The van der Waals surface area contributed by atoms with Crippen molar-refractivity contribution in [1.82, 2.24) is 14.9 Å². The fourth-order valence-electron chi connectivity index (χ4n) is 3.56. The molecule has 1 saturated carbocycles. The molecule has 2 aromatic rings. The summed E-state index contributed by atoms with van der Waals surface area (Å²) in [6.45, 7) is 0.751. The van der Waals surface area contributed by atoms with Gasteiger partial charge in [0.05, 0.1) is 10.9 Å². The van der Waals surface area contributed by atoms with Gasteiger partial charge in [-0.25, -0.2) is 4.98 Å². The highest BCUT2D eigenvalue weighted by molar-refractivity contribution is 5.97. The van der Waals surface area contributed by atoms with Crippen molar-refractivity contribution in [2.24, 2.45) is 0 Å². The number of amides is 1. The average molecular weight is 297 g/mol. The van der Waals surface area contributed by atoms with Crippen LogP contribution in [-0.4, -0.2) is 21.5 Å². The van der Waals surface area contributed by atoms with E-state index in [2.05, 4.69) is 10.3 Å². The van der Waals surface area contributed by atoms with E-state index < -0.39 is 0 Å². The Morgan fingerprint density at radius 3 is 2.86 bits per heavy atom. The Bertz CT molecular complexity index is 803. The molecule has 114 valence electrons. The second kappa shape index (κ2) is 5.23. The van der Waals surface area contributed by atoms with Gasteiger partial charge in [0, 0.05) is 24.6 Å². The normalized spacial score (nSPS) is 17.8. The van der Waals surface area contributed by atoms with Gasteiger partial charge in [0.2, 0.25) is 0 Å². The Kier molecular flexibility index (Phi) is 3.21. The highest BCUT2D eigenvalue weighted by Crippen LogP contribution is 2.19. The molecule has 1 aromatic heterocycles. The topological polar surface area (TPSA) is 64.0 Å². The van der Waals surface area contributed by atoms with Crippen molar-refractivity contribution >= 4 is 16.8 Å². The Hall–Kier alpha value is -2.17. The maximum atomic E-state index is 12.4. The molecule has 1 aromatic carbocycles. The first-order valence-corrected chi connectivity index (χ1v) is 8.07. The summed E-state index contributed by atoms with van der Waals surface area (Å²) >= 11 is 0. The monoisotopic (exact) mass is 297 g/mol. The van der Waals surface area contributed by atoms with Gasteiger partial charge in [-0.3, -0.25) is 14.2 Å². The molecule has 5 nitrogen and oxygen atoms in total. The van der Waals surface area contributed by atoms with Crippen molar-refractivity contribution in [3.05, 3.63) is 39.9 Å². The second-order valence-corrected chi connectivity index (χ2v) is 6.28. The van der Waals surface area contributed by atoms with Crippen LogP contribution in [0.3, 0.4) is 0 Å². The molecule has 0 atom stereocenters. The van der Waals surface area contributed by atoms with Crippen LogP contribution in [0.2, 0.25) is 0 Å². The van der Waals surface area contributed by atoms with Crippen molar-refractivity contribution < 1.29 is 4.79 Å². The molecule has 22 heavy (non-hydrogen) atoms. The Balaban J connectivity index is 1.70. The van der Waals surface area contributed by atoms with Crippen molar-refractivity contribution in [3.8, 4) is 0 Å². The van der Waals surface area contributed by atoms with Gasteiger partial charge < -0.3 is 5.32 Å². The summed E-state index contributed by atoms with van der Waals surface area (Å²) in [5.74, 6) is 0.780. The molecule has 1 aliphatic carbocycles. The van der Waals surface area contributed by atoms with Crippen LogP contribution in [0.25, 0.3) is 10.9 Å². The molecular formula is C17H19N3O2. The summed E-state index contributed by atoms with van der Waals surface area (Å²) in [7, 11) is 0. The molecule has 2 heterocycles. The fraction of sp³-hybridized carbons (Fsp3) is 0.471. The molecule has 1 aliphatic heterocycles. The molecule has 0 bridgehead atoms. The zero-order valence-corrected chi connectivity index (χ0v) is 12.5. The van der Waals surface area contributed by atoms with Crippen molar-refractivity contribution in [2.75, 3.05) is 0 Å². The second-order valence-electron chi connectivity index (χ2n) is 6.28. The number of hydrogen-bond donors (Lipinski definition) is 1. The van der Waals surface area contributed by atoms with Gasteiger partial charge in [-0.15, -0.1) is 0 Å². The van der Waals surface area contributed by atoms with Crippen LogP contribution in [0.4, 0.5) is 0 Å². The molecular weight excluding hydrogens is 278 g/mol. The molecule has 1 amide bonds. The number of nitrogens with one attached hydrogen (secondary N) is 1. The fourth-order valence-corrected chi connectivity index (χ4v) is 3.56. The van der Waals surface area contributed by atoms with Crippen molar-refractivity contribution in [3.63, 3.8) is 0 Å². The zero-order chi connectivity index (χ0) is 15.1. The van der Waals surface area contributed by atoms with Crippen molar-refractivity contribution in [1.29, 1.82) is 0 Å². The van der Waals surface area contributed by atoms with Gasteiger partial charge >= 0.3 is 0 Å². The van der Waals surface area contributed by atoms with Gasteiger partial charge in [0.25, 0.3) is 11.5 Å². The lowest BCUT2D eigenvalue weighted by atomic mass is 10.1. The van der Waals surface area contributed by atoms with Gasteiger partial charge in [0.1, 0.15) is 5.82 Å². The van der Waals surface area contributed by atoms with E-state index in [1.165, 1.54) is 12.8 Å². The Morgan fingerprint density at radius 1 is 1.23 bits per heavy atom. The maximum absolute atomic E-state index is 12.4. The lowest BCUT2D eigenvalue weighted by molar-refractivity contribution is 0.0938. The van der Waals surface area contributed by atoms with E-state index in [1.807, 2.05) is 0 Å². The molecule has 0 unspecified atom stereocenters. The number of hydrogen-bond acceptors (Lipinski definition) is 3. The summed E-state index contributed by atoms with van der Waals surface area (Å²) < 4.78 is 1.75. The zero-order valence-electron chi connectivity index (χ0n) is 12.5. The van der Waals surface area contributed by atoms with Gasteiger partial charge in [-0.05, 0) is 37.5 Å². The molecule has 0 saturated heterocycles. The van der Waals surface area contributed by atoms with Crippen molar-refractivity contribution in [2.45, 2.75) is 51.1 Å². The number of fused-ring (bicyclic) bond motifs is 2. The van der Waals surface area contributed by atoms with Gasteiger partial charge in [-0.2, -0.15) is 0 Å². The lowest BCUT2D eigenvalue weighted by Gasteiger charge is -2.12. The van der Waals surface area contributed by atoms with Crippen LogP contribution in [0.15, 0.2) is 23.0 Å². The number of carbonyl (C=O) groups is 1. The number of carbonyl (C=O) groups excluding carboxylic acids is 1. The number of rotatable bonds is 2. The van der Waals surface area contributed by atoms with E-state index in [9.17, 15) is 9.59 Å². The molecule has 1 fully saturated rings. The van der Waals surface area contributed by atoms with Crippen LogP contribution in [-0.2, 0) is 13.0 Å². The average Bonchev–Trinajstić information content (AvgIpc) is 3.18. The summed E-state index contributed by atoms with van der Waals surface area (Å²) in [4.78, 5) is 29.3. The molecule has 2 aliphatic rings. The lowest BCUT2D eigenvalue weighted by Crippen LogP contribution is -2.32. The van der Waals surface area contributed by atoms with Crippen LogP contribution < -0.4 is 10.9 Å². The standard InChI is InChI=1S/C17H19N3O2/c21-16(18-12-4-1-2-5-12)11-7-8-13-14(10-11)19-15-6-3-9-20(15)17(13)22/h7-8,10,12H,1-6,9H2,(H,18,21). The van der Waals surface area contributed by atoms with E-state index in [-0.39, 0.29) is 11.5 Å². The first kappa shape index (κ1) is 13.5. The third-order valence-electron chi connectivity index (χ3n) is 4.77. The van der Waals surface area contributed by atoms with E-state index in [1.54, 1.807) is 22.8 Å². The number of aryl methyl sites for hydroxylation is 1. The third kappa shape index (κ3) is 2.21. The van der Waals surface area contributed by atoms with Gasteiger partial charge in [-0.1, -0.05) is 12.8 Å². The van der Waals surface area contributed by atoms with Crippen LogP contribution in [0.1, 0.15) is 48.3 Å². The Morgan fingerprint density at radius 2 is 2.05 bits per heavy atom. The van der Waals surface area contributed by atoms with E-state index in [0.29, 0.717) is 22.5 Å². The predicted molar refractivity (Wildman–Crippen MR) is 84.0 cm³/mol. The number of aromatic nitrogens is 2. The quantitative estimate of drug-likeness (QED) is 0.922. The third-order valence-corrected chi connectivity index (χ3v) is 4.77. The summed E-state index contributed by atoms with van der Waals surface area (Å²) in [5.41, 5.74) is 1.24. The molecule has 1 N–H and O–H groups in total. The van der Waals surface area contributed by atoms with E-state index >= 15 is 0 Å². The predicted octanol–water partition coefficient (Wildman–Crippen LogP) is 2.02. The smallest absolute Gasteiger partial charge is 0.261 e. The summed E-state index contributed by atoms with van der Waals surface area (Å²) in [5, 5.41) is 3.68. The Labute approximate surface area is 128 Å². The highest BCUT2D eigenvalue weighted by atomic mass is 16.1. The first-order valence-electron chi connectivity index (χ1n) is 8.07. The van der Waals surface area contributed by atoms with Gasteiger partial charge in [0.15, 0.2) is 0 Å². The summed E-state index contributed by atoms with van der Waals surface area (Å²) in [6.07, 6.45) is 6.30. The SMILES string of the molecule is O=C(NC1CCCC1)c1ccc2c(=O)n3c(nc2c1)CCC3. The molecule has 4 rings (SSSR count). The largest absolute Gasteiger partial charge is 0.349 e. The van der Waals surface area contributed by atoms with E-state index in [0.717, 1.165) is 38.1 Å². The van der Waals surface area contributed by atoms with E-state index in [4.69, 9.17) is 0 Å². The molecule has 5 heteroatoms. The maximum Gasteiger partial charge on any atom is 0.261 e. The molecule has 0 spiro atoms. The molecule has 0 radical (unpaired) electrons. The minimum Gasteiger partial charge on any atom is -0.349 e. The summed E-state index contributed by atoms with van der Waals surface area (Å²) in [6, 6.07) is 5.51.